The van der Waals surface area contributed by atoms with Gasteiger partial charge in [0.1, 0.15) is 0 Å². The maximum absolute atomic E-state index is 12.5. The van der Waals surface area contributed by atoms with E-state index in [9.17, 15) is 13.2 Å². The first kappa shape index (κ1) is 30.9. The molecule has 0 bridgehead atoms. The Bertz CT molecular complexity index is 1280. The molecule has 0 aliphatic heterocycles. The number of unbranched alkanes of at least 4 members (excludes halogenated alkanes) is 10. The van der Waals surface area contributed by atoms with Crippen LogP contribution in [-0.2, 0) is 14.8 Å². The number of anilines is 2. The van der Waals surface area contributed by atoms with Crippen LogP contribution in [0, 0.1) is 0 Å². The van der Waals surface area contributed by atoms with Gasteiger partial charge in [0.2, 0.25) is 11.9 Å². The van der Waals surface area contributed by atoms with E-state index < -0.39 is 10.0 Å². The third-order valence-electron chi connectivity index (χ3n) is 6.38. The average Bonchev–Trinajstić information content (AvgIpc) is 2.96. The predicted octanol–water partition coefficient (Wildman–Crippen LogP) is 8.33. The molecule has 0 aliphatic carbocycles. The molecule has 9 nitrogen and oxygen atoms in total. The minimum Gasteiger partial charge on any atom is -0.326 e. The normalized spacial score (nSPS) is 11.5. The number of nitrogens with zero attached hydrogens (tertiary/aromatic N) is 4. The summed E-state index contributed by atoms with van der Waals surface area (Å²) in [5.74, 6) is 0.0219. The van der Waals surface area contributed by atoms with Crippen LogP contribution in [0.5, 0.6) is 0 Å². The van der Waals surface area contributed by atoms with Crippen LogP contribution in [0.2, 0.25) is 0 Å². The van der Waals surface area contributed by atoms with E-state index in [0.717, 1.165) is 18.5 Å². The van der Waals surface area contributed by atoms with Crippen molar-refractivity contribution in [2.24, 2.45) is 10.2 Å². The van der Waals surface area contributed by atoms with Gasteiger partial charge in [0.05, 0.1) is 16.3 Å². The Kier molecular flexibility index (Phi) is 13.2. The molecule has 1 amide bonds. The molecule has 214 valence electrons. The van der Waals surface area contributed by atoms with E-state index in [0.29, 0.717) is 17.8 Å². The molecule has 0 fully saturated rings. The lowest BCUT2D eigenvalue weighted by Crippen LogP contribution is -2.14. The zero-order valence-electron chi connectivity index (χ0n) is 23.3. The highest BCUT2D eigenvalue weighted by Crippen LogP contribution is 2.22. The van der Waals surface area contributed by atoms with Crippen LogP contribution < -0.4 is 10.0 Å². The molecule has 2 N–H and O–H groups in total. The van der Waals surface area contributed by atoms with Crippen molar-refractivity contribution in [1.82, 2.24) is 9.97 Å². The minimum absolute atomic E-state index is 0.0000139. The zero-order chi connectivity index (χ0) is 28.5. The summed E-state index contributed by atoms with van der Waals surface area (Å²) in [4.78, 5) is 20.1. The van der Waals surface area contributed by atoms with Crippen LogP contribution in [-0.4, -0.2) is 24.3 Å². The fourth-order valence-electron chi connectivity index (χ4n) is 4.12. The zero-order valence-corrected chi connectivity index (χ0v) is 24.1. The van der Waals surface area contributed by atoms with Gasteiger partial charge in [-0.2, -0.15) is 10.2 Å². The number of carbonyl (C=O) groups excluding carboxylic acids is 1. The van der Waals surface area contributed by atoms with Crippen LogP contribution in [0.1, 0.15) is 84.0 Å². The second-order valence-electron chi connectivity index (χ2n) is 9.75. The number of carbonyl (C=O) groups is 1. The van der Waals surface area contributed by atoms with E-state index in [1.807, 2.05) is 0 Å². The summed E-state index contributed by atoms with van der Waals surface area (Å²) in [7, 11) is -3.81. The van der Waals surface area contributed by atoms with Crippen molar-refractivity contribution in [2.75, 3.05) is 10.0 Å². The Morgan fingerprint density at radius 3 is 1.77 bits per heavy atom. The van der Waals surface area contributed by atoms with Crippen molar-refractivity contribution in [1.29, 1.82) is 0 Å². The van der Waals surface area contributed by atoms with Gasteiger partial charge < -0.3 is 5.32 Å². The van der Waals surface area contributed by atoms with E-state index in [4.69, 9.17) is 0 Å². The summed E-state index contributed by atoms with van der Waals surface area (Å²) in [5, 5.41) is 11.3. The van der Waals surface area contributed by atoms with Gasteiger partial charge in [0, 0.05) is 24.5 Å². The first-order valence-electron chi connectivity index (χ1n) is 14.2. The van der Waals surface area contributed by atoms with E-state index >= 15 is 0 Å². The molecule has 0 radical (unpaired) electrons. The second-order valence-corrected chi connectivity index (χ2v) is 11.4. The maximum Gasteiger partial charge on any atom is 0.264 e. The standard InChI is InChI=1S/C30H40N6O3S/c1-2-3-4-5-6-7-8-9-10-11-12-14-29(37)33-25-15-17-26(18-16-25)34-35-27-19-21-28(22-20-27)40(38,39)36-30-31-23-13-24-32-30/h13,15-24H,2-12,14H2,1H3,(H,33,37)(H,31,32,36). The summed E-state index contributed by atoms with van der Waals surface area (Å²) < 4.78 is 27.3. The molecular weight excluding hydrogens is 524 g/mol. The quantitative estimate of drug-likeness (QED) is 0.119. The Morgan fingerprint density at radius 1 is 0.725 bits per heavy atom. The van der Waals surface area contributed by atoms with Crippen LogP contribution in [0.25, 0.3) is 0 Å². The molecule has 2 aromatic carbocycles. The number of amides is 1. The molecule has 0 saturated carbocycles. The van der Waals surface area contributed by atoms with Crippen molar-refractivity contribution in [3.8, 4) is 0 Å². The number of aromatic nitrogens is 2. The van der Waals surface area contributed by atoms with Gasteiger partial charge in [-0.3, -0.25) is 4.79 Å². The van der Waals surface area contributed by atoms with Crippen molar-refractivity contribution in [3.63, 3.8) is 0 Å². The lowest BCUT2D eigenvalue weighted by Gasteiger charge is -2.06. The van der Waals surface area contributed by atoms with Gasteiger partial charge in [-0.25, -0.2) is 23.1 Å². The van der Waals surface area contributed by atoms with Gasteiger partial charge in [0.25, 0.3) is 10.0 Å². The van der Waals surface area contributed by atoms with Gasteiger partial charge in [-0.1, -0.05) is 71.1 Å². The molecule has 0 aliphatic rings. The summed E-state index contributed by atoms with van der Waals surface area (Å²) in [6.45, 7) is 2.25. The summed E-state index contributed by atoms with van der Waals surface area (Å²) in [6.07, 6.45) is 17.3. The first-order chi connectivity index (χ1) is 19.5. The number of azo groups is 1. The van der Waals surface area contributed by atoms with Crippen LogP contribution >= 0.6 is 0 Å². The number of hydrogen-bond acceptors (Lipinski definition) is 7. The molecule has 0 atom stereocenters. The van der Waals surface area contributed by atoms with E-state index in [1.165, 1.54) is 82.3 Å². The highest BCUT2D eigenvalue weighted by atomic mass is 32.2. The number of nitrogens with one attached hydrogen (secondary N) is 2. The molecule has 3 rings (SSSR count). The molecular formula is C30H40N6O3S. The molecule has 3 aromatic rings. The molecule has 1 heterocycles. The van der Waals surface area contributed by atoms with E-state index in [1.54, 1.807) is 42.5 Å². The van der Waals surface area contributed by atoms with Crippen molar-refractivity contribution >= 4 is 38.9 Å². The summed E-state index contributed by atoms with van der Waals surface area (Å²) in [5.41, 5.74) is 1.83. The molecule has 0 unspecified atom stereocenters. The number of rotatable bonds is 18. The van der Waals surface area contributed by atoms with Crippen LogP contribution in [0.3, 0.4) is 0 Å². The highest BCUT2D eigenvalue weighted by Gasteiger charge is 2.15. The van der Waals surface area contributed by atoms with Crippen molar-refractivity contribution in [2.45, 2.75) is 88.9 Å². The Morgan fingerprint density at radius 2 is 1.23 bits per heavy atom. The molecule has 10 heteroatoms. The smallest absolute Gasteiger partial charge is 0.264 e. The second kappa shape index (κ2) is 17.1. The van der Waals surface area contributed by atoms with E-state index in [2.05, 4.69) is 37.2 Å². The molecule has 40 heavy (non-hydrogen) atoms. The lowest BCUT2D eigenvalue weighted by molar-refractivity contribution is -0.116. The predicted molar refractivity (Wildman–Crippen MR) is 160 cm³/mol. The SMILES string of the molecule is CCCCCCCCCCCCCC(=O)Nc1ccc(N=Nc2ccc(S(=O)(=O)Nc3ncccn3)cc2)cc1. The minimum atomic E-state index is -3.81. The third kappa shape index (κ3) is 11.6. The maximum atomic E-state index is 12.5. The van der Waals surface area contributed by atoms with Gasteiger partial charge in [-0.15, -0.1) is 0 Å². The topological polar surface area (TPSA) is 126 Å². The fourth-order valence-corrected chi connectivity index (χ4v) is 5.08. The molecule has 0 saturated heterocycles. The first-order valence-corrected chi connectivity index (χ1v) is 15.7. The summed E-state index contributed by atoms with van der Waals surface area (Å²) in [6, 6.07) is 14.7. The average molecular weight is 565 g/mol. The monoisotopic (exact) mass is 564 g/mol. The summed E-state index contributed by atoms with van der Waals surface area (Å²) >= 11 is 0. The van der Waals surface area contributed by atoms with Gasteiger partial charge in [-0.05, 0) is 61.0 Å². The van der Waals surface area contributed by atoms with Crippen LogP contribution in [0.4, 0.5) is 23.0 Å². The Labute approximate surface area is 238 Å². The largest absolute Gasteiger partial charge is 0.326 e. The Balaban J connectivity index is 1.35. The molecule has 0 spiro atoms. The highest BCUT2D eigenvalue weighted by molar-refractivity contribution is 7.92. The number of benzene rings is 2. The van der Waals surface area contributed by atoms with Crippen LogP contribution in [0.15, 0.2) is 82.1 Å². The van der Waals surface area contributed by atoms with Gasteiger partial charge in [0.15, 0.2) is 0 Å². The van der Waals surface area contributed by atoms with Crippen molar-refractivity contribution in [3.05, 3.63) is 67.0 Å². The number of hydrogen-bond donors (Lipinski definition) is 2. The lowest BCUT2D eigenvalue weighted by atomic mass is 10.1. The fraction of sp³-hybridized carbons (Fsp3) is 0.433. The molecule has 1 aromatic heterocycles. The Hall–Kier alpha value is -3.66. The third-order valence-corrected chi connectivity index (χ3v) is 7.72. The number of sulfonamides is 1. The van der Waals surface area contributed by atoms with E-state index in [-0.39, 0.29) is 16.8 Å². The van der Waals surface area contributed by atoms with Gasteiger partial charge >= 0.3 is 0 Å². The van der Waals surface area contributed by atoms with Crippen molar-refractivity contribution < 1.29 is 13.2 Å².